The Labute approximate surface area is 66.3 Å². The Morgan fingerprint density at radius 3 is 2.45 bits per heavy atom. The predicted octanol–water partition coefficient (Wildman–Crippen LogP) is 0.843. The second-order valence-corrected chi connectivity index (χ2v) is 3.24. The zero-order chi connectivity index (χ0) is 8.43. The van der Waals surface area contributed by atoms with E-state index in [4.69, 9.17) is 0 Å². The summed E-state index contributed by atoms with van der Waals surface area (Å²) in [5.41, 5.74) is 0.0682. The van der Waals surface area contributed by atoms with Gasteiger partial charge in [-0.1, -0.05) is 13.8 Å². The number of imidazole rings is 1. The van der Waals surface area contributed by atoms with E-state index < -0.39 is 0 Å². The van der Waals surface area contributed by atoms with E-state index in [1.165, 1.54) is 0 Å². The molecule has 0 saturated carbocycles. The molecule has 1 rings (SSSR count). The number of nitrogens with zero attached hydrogens (tertiary/aromatic N) is 2. The first-order valence-corrected chi connectivity index (χ1v) is 3.83. The zero-order valence-electron chi connectivity index (χ0n) is 7.24. The van der Waals surface area contributed by atoms with Crippen molar-refractivity contribution >= 4 is 0 Å². The van der Waals surface area contributed by atoms with Crippen LogP contribution in [-0.2, 0) is 13.6 Å². The Kier molecular flexibility index (Phi) is 2.17. The predicted molar refractivity (Wildman–Crippen MR) is 44.5 cm³/mol. The van der Waals surface area contributed by atoms with Crippen LogP contribution >= 0.6 is 0 Å². The third-order valence-corrected chi connectivity index (χ3v) is 1.58. The first-order valence-electron chi connectivity index (χ1n) is 3.83. The molecule has 0 aromatic carbocycles. The molecular formula is C8H14N2O. The number of hydrogen-bond acceptors (Lipinski definition) is 1. The van der Waals surface area contributed by atoms with Crippen LogP contribution < -0.4 is 5.69 Å². The Balaban J connectivity index is 2.88. The van der Waals surface area contributed by atoms with Gasteiger partial charge in [0.15, 0.2) is 0 Å². The fourth-order valence-electron chi connectivity index (χ4n) is 1.04. The molecule has 0 bridgehead atoms. The number of aromatic nitrogens is 2. The van der Waals surface area contributed by atoms with E-state index in [9.17, 15) is 4.79 Å². The van der Waals surface area contributed by atoms with Crippen molar-refractivity contribution in [1.29, 1.82) is 0 Å². The maximum absolute atomic E-state index is 11.2. The quantitative estimate of drug-likeness (QED) is 0.620. The summed E-state index contributed by atoms with van der Waals surface area (Å²) in [5.74, 6) is 0.523. The van der Waals surface area contributed by atoms with Gasteiger partial charge < -0.3 is 4.57 Å². The first-order chi connectivity index (χ1) is 5.11. The van der Waals surface area contributed by atoms with Gasteiger partial charge in [0.05, 0.1) is 0 Å². The second-order valence-electron chi connectivity index (χ2n) is 3.24. The molecule has 0 N–H and O–H groups in total. The molecule has 0 fully saturated rings. The highest BCUT2D eigenvalue weighted by molar-refractivity contribution is 4.79. The highest BCUT2D eigenvalue weighted by atomic mass is 16.1. The average Bonchev–Trinajstić information content (AvgIpc) is 2.18. The molecule has 0 spiro atoms. The van der Waals surface area contributed by atoms with Crippen LogP contribution in [0.1, 0.15) is 13.8 Å². The normalized spacial score (nSPS) is 10.9. The molecule has 0 radical (unpaired) electrons. The molecule has 1 aromatic rings. The van der Waals surface area contributed by atoms with E-state index >= 15 is 0 Å². The minimum atomic E-state index is 0.0682. The number of aryl methyl sites for hydroxylation is 1. The van der Waals surface area contributed by atoms with Crippen LogP contribution in [-0.4, -0.2) is 9.13 Å². The van der Waals surface area contributed by atoms with Crippen LogP contribution in [0.2, 0.25) is 0 Å². The van der Waals surface area contributed by atoms with E-state index in [0.717, 1.165) is 6.54 Å². The maximum Gasteiger partial charge on any atom is 0.327 e. The summed E-state index contributed by atoms with van der Waals surface area (Å²) in [6.45, 7) is 5.00. The number of rotatable bonds is 2. The zero-order valence-corrected chi connectivity index (χ0v) is 7.24. The monoisotopic (exact) mass is 154 g/mol. The topological polar surface area (TPSA) is 26.9 Å². The molecule has 3 nitrogen and oxygen atoms in total. The van der Waals surface area contributed by atoms with Gasteiger partial charge in [0.2, 0.25) is 0 Å². The molecule has 1 aromatic heterocycles. The molecule has 0 atom stereocenters. The van der Waals surface area contributed by atoms with E-state index in [2.05, 4.69) is 13.8 Å². The Morgan fingerprint density at radius 1 is 1.45 bits per heavy atom. The highest BCUT2D eigenvalue weighted by Crippen LogP contribution is 1.94. The summed E-state index contributed by atoms with van der Waals surface area (Å²) in [6.07, 6.45) is 3.60. The van der Waals surface area contributed by atoms with Crippen LogP contribution in [0.25, 0.3) is 0 Å². The lowest BCUT2D eigenvalue weighted by atomic mass is 10.2. The van der Waals surface area contributed by atoms with Crippen molar-refractivity contribution in [3.63, 3.8) is 0 Å². The van der Waals surface area contributed by atoms with Gasteiger partial charge in [-0.3, -0.25) is 4.57 Å². The SMILES string of the molecule is CC(C)Cn1ccn(C)c1=O. The van der Waals surface area contributed by atoms with Gasteiger partial charge in [0, 0.05) is 26.0 Å². The molecule has 0 aliphatic heterocycles. The van der Waals surface area contributed by atoms with Crippen LogP contribution in [0, 0.1) is 5.92 Å². The maximum atomic E-state index is 11.2. The molecule has 3 heteroatoms. The third kappa shape index (κ3) is 1.73. The summed E-state index contributed by atoms with van der Waals surface area (Å²) in [7, 11) is 1.76. The molecule has 0 aliphatic carbocycles. The van der Waals surface area contributed by atoms with E-state index in [-0.39, 0.29) is 5.69 Å². The largest absolute Gasteiger partial charge is 0.327 e. The standard InChI is InChI=1S/C8H14N2O/c1-7(2)6-10-5-4-9(3)8(10)11/h4-5,7H,6H2,1-3H3. The molecule has 0 unspecified atom stereocenters. The van der Waals surface area contributed by atoms with Gasteiger partial charge in [0.1, 0.15) is 0 Å². The van der Waals surface area contributed by atoms with Gasteiger partial charge in [-0.25, -0.2) is 4.79 Å². The van der Waals surface area contributed by atoms with Gasteiger partial charge in [0.25, 0.3) is 0 Å². The fraction of sp³-hybridized carbons (Fsp3) is 0.625. The van der Waals surface area contributed by atoms with Crippen LogP contribution in [0.4, 0.5) is 0 Å². The lowest BCUT2D eigenvalue weighted by Crippen LogP contribution is -2.23. The molecule has 0 saturated heterocycles. The smallest absolute Gasteiger partial charge is 0.302 e. The molecular weight excluding hydrogens is 140 g/mol. The molecule has 1 heterocycles. The summed E-state index contributed by atoms with van der Waals surface area (Å²) >= 11 is 0. The summed E-state index contributed by atoms with van der Waals surface area (Å²) in [6, 6.07) is 0. The van der Waals surface area contributed by atoms with Crippen LogP contribution in [0.3, 0.4) is 0 Å². The van der Waals surface area contributed by atoms with Gasteiger partial charge in [-0.2, -0.15) is 0 Å². The van der Waals surface area contributed by atoms with Crippen molar-refractivity contribution in [3.8, 4) is 0 Å². The van der Waals surface area contributed by atoms with Crippen molar-refractivity contribution in [2.45, 2.75) is 20.4 Å². The van der Waals surface area contributed by atoms with Crippen LogP contribution in [0.5, 0.6) is 0 Å². The molecule has 11 heavy (non-hydrogen) atoms. The fourth-order valence-corrected chi connectivity index (χ4v) is 1.04. The van der Waals surface area contributed by atoms with Crippen molar-refractivity contribution in [3.05, 3.63) is 22.9 Å². The molecule has 62 valence electrons. The van der Waals surface area contributed by atoms with Crippen molar-refractivity contribution in [1.82, 2.24) is 9.13 Å². The van der Waals surface area contributed by atoms with Gasteiger partial charge in [-0.15, -0.1) is 0 Å². The number of hydrogen-bond donors (Lipinski definition) is 0. The lowest BCUT2D eigenvalue weighted by Gasteiger charge is -2.03. The van der Waals surface area contributed by atoms with Gasteiger partial charge >= 0.3 is 5.69 Å². The summed E-state index contributed by atoms with van der Waals surface area (Å²) in [4.78, 5) is 11.2. The van der Waals surface area contributed by atoms with E-state index in [1.54, 1.807) is 22.4 Å². The molecule has 0 aliphatic rings. The van der Waals surface area contributed by atoms with Gasteiger partial charge in [-0.05, 0) is 5.92 Å². The minimum absolute atomic E-state index is 0.0682. The summed E-state index contributed by atoms with van der Waals surface area (Å²) < 4.78 is 3.31. The summed E-state index contributed by atoms with van der Waals surface area (Å²) in [5, 5.41) is 0. The average molecular weight is 154 g/mol. The van der Waals surface area contributed by atoms with E-state index in [0.29, 0.717) is 5.92 Å². The Hall–Kier alpha value is -0.990. The molecule has 0 amide bonds. The first kappa shape index (κ1) is 8.11. The highest BCUT2D eigenvalue weighted by Gasteiger charge is 2.00. The second kappa shape index (κ2) is 2.95. The minimum Gasteiger partial charge on any atom is -0.302 e. The third-order valence-electron chi connectivity index (χ3n) is 1.58. The van der Waals surface area contributed by atoms with Crippen molar-refractivity contribution in [2.24, 2.45) is 13.0 Å². The lowest BCUT2D eigenvalue weighted by molar-refractivity contribution is 0.506. The van der Waals surface area contributed by atoms with E-state index in [1.807, 2.05) is 6.20 Å². The van der Waals surface area contributed by atoms with Crippen molar-refractivity contribution in [2.75, 3.05) is 0 Å². The Bertz CT molecular complexity index is 283. The Morgan fingerprint density at radius 2 is 2.09 bits per heavy atom. The van der Waals surface area contributed by atoms with Crippen LogP contribution in [0.15, 0.2) is 17.2 Å². The van der Waals surface area contributed by atoms with Crippen molar-refractivity contribution < 1.29 is 0 Å².